The van der Waals surface area contributed by atoms with E-state index >= 15 is 0 Å². The normalized spacial score (nSPS) is 15.8. The monoisotopic (exact) mass is 155 g/mol. The van der Waals surface area contributed by atoms with E-state index < -0.39 is 0 Å². The maximum atomic E-state index is 2.16. The first-order valence-corrected chi connectivity index (χ1v) is 4.15. The van der Waals surface area contributed by atoms with Crippen LogP contribution in [0.15, 0.2) is 48.1 Å². The molecule has 2 rings (SSSR count). The summed E-state index contributed by atoms with van der Waals surface area (Å²) >= 11 is 0. The van der Waals surface area contributed by atoms with Crippen LogP contribution in [0.4, 0.5) is 0 Å². The second-order valence-electron chi connectivity index (χ2n) is 2.99. The Morgan fingerprint density at radius 3 is 2.25 bits per heavy atom. The van der Waals surface area contributed by atoms with Crippen molar-refractivity contribution < 1.29 is 0 Å². The fourth-order valence-electron chi connectivity index (χ4n) is 1.45. The van der Waals surface area contributed by atoms with E-state index in [0.717, 1.165) is 0 Å². The summed E-state index contributed by atoms with van der Waals surface area (Å²) in [4.78, 5) is 0. The first-order valence-electron chi connectivity index (χ1n) is 4.15. The van der Waals surface area contributed by atoms with Crippen molar-refractivity contribution in [1.29, 1.82) is 0 Å². The molecule has 1 radical (unpaired) electrons. The van der Waals surface area contributed by atoms with Crippen LogP contribution in [0.2, 0.25) is 0 Å². The lowest BCUT2D eigenvalue weighted by Crippen LogP contribution is -1.81. The third kappa shape index (κ3) is 1.20. The summed E-state index contributed by atoms with van der Waals surface area (Å²) < 4.78 is 0. The molecule has 59 valence electrons. The van der Waals surface area contributed by atoms with Crippen LogP contribution in [-0.4, -0.2) is 0 Å². The SMILES string of the molecule is CC1=C[CH]C=C1c1ccccc1. The van der Waals surface area contributed by atoms with Crippen molar-refractivity contribution in [3.63, 3.8) is 0 Å². The van der Waals surface area contributed by atoms with Gasteiger partial charge in [0.25, 0.3) is 0 Å². The minimum Gasteiger partial charge on any atom is -0.0731 e. The van der Waals surface area contributed by atoms with Crippen molar-refractivity contribution in [3.8, 4) is 0 Å². The molecule has 0 heterocycles. The summed E-state index contributed by atoms with van der Waals surface area (Å²) in [5, 5.41) is 0. The Morgan fingerprint density at radius 1 is 0.917 bits per heavy atom. The molecule has 0 atom stereocenters. The van der Waals surface area contributed by atoms with Crippen molar-refractivity contribution in [2.45, 2.75) is 6.92 Å². The molecule has 12 heavy (non-hydrogen) atoms. The minimum atomic E-state index is 1.31. The lowest BCUT2D eigenvalue weighted by atomic mass is 10.0. The number of allylic oxidation sites excluding steroid dienone is 4. The second kappa shape index (κ2) is 2.98. The molecule has 0 heteroatoms. The second-order valence-corrected chi connectivity index (χ2v) is 2.99. The molecular weight excluding hydrogens is 144 g/mol. The molecule has 0 aliphatic heterocycles. The van der Waals surface area contributed by atoms with Crippen LogP contribution in [0.5, 0.6) is 0 Å². The largest absolute Gasteiger partial charge is 0.0731 e. The van der Waals surface area contributed by atoms with E-state index in [9.17, 15) is 0 Å². The van der Waals surface area contributed by atoms with E-state index in [0.29, 0.717) is 0 Å². The molecule has 0 unspecified atom stereocenters. The molecule has 1 aliphatic rings. The van der Waals surface area contributed by atoms with Crippen LogP contribution < -0.4 is 0 Å². The maximum Gasteiger partial charge on any atom is 0.00599 e. The lowest BCUT2D eigenvalue weighted by molar-refractivity contribution is 1.52. The van der Waals surface area contributed by atoms with Gasteiger partial charge in [0.15, 0.2) is 0 Å². The van der Waals surface area contributed by atoms with Crippen molar-refractivity contribution in [1.82, 2.24) is 0 Å². The maximum absolute atomic E-state index is 2.16. The molecule has 0 N–H and O–H groups in total. The molecule has 0 saturated carbocycles. The van der Waals surface area contributed by atoms with Crippen LogP contribution in [-0.2, 0) is 0 Å². The van der Waals surface area contributed by atoms with Gasteiger partial charge in [-0.2, -0.15) is 0 Å². The quantitative estimate of drug-likeness (QED) is 0.584. The minimum absolute atomic E-state index is 1.31. The Labute approximate surface area is 73.2 Å². The zero-order valence-electron chi connectivity index (χ0n) is 7.12. The molecule has 0 amide bonds. The van der Waals surface area contributed by atoms with E-state index in [1.165, 1.54) is 16.7 Å². The Morgan fingerprint density at radius 2 is 1.67 bits per heavy atom. The Balaban J connectivity index is 2.39. The number of hydrogen-bond donors (Lipinski definition) is 0. The van der Waals surface area contributed by atoms with Crippen molar-refractivity contribution in [2.75, 3.05) is 0 Å². The molecule has 1 aromatic rings. The average molecular weight is 155 g/mol. The van der Waals surface area contributed by atoms with Crippen molar-refractivity contribution in [2.24, 2.45) is 0 Å². The average Bonchev–Trinajstić information content (AvgIpc) is 2.53. The molecule has 1 aromatic carbocycles. The highest BCUT2D eigenvalue weighted by molar-refractivity contribution is 5.82. The van der Waals surface area contributed by atoms with E-state index in [-0.39, 0.29) is 0 Å². The summed E-state index contributed by atoms with van der Waals surface area (Å²) in [5.41, 5.74) is 4.00. The van der Waals surface area contributed by atoms with Crippen LogP contribution in [0, 0.1) is 6.42 Å². The molecule has 0 aromatic heterocycles. The summed E-state index contributed by atoms with van der Waals surface area (Å²) in [6, 6.07) is 10.5. The zero-order valence-corrected chi connectivity index (χ0v) is 7.12. The predicted molar refractivity (Wildman–Crippen MR) is 52.5 cm³/mol. The van der Waals surface area contributed by atoms with Gasteiger partial charge >= 0.3 is 0 Å². The third-order valence-electron chi connectivity index (χ3n) is 2.12. The highest BCUT2D eigenvalue weighted by Gasteiger charge is 2.06. The van der Waals surface area contributed by atoms with E-state index in [2.05, 4.69) is 49.8 Å². The number of rotatable bonds is 1. The van der Waals surface area contributed by atoms with Gasteiger partial charge in [-0.15, -0.1) is 0 Å². The highest BCUT2D eigenvalue weighted by Crippen LogP contribution is 2.27. The van der Waals surface area contributed by atoms with Gasteiger partial charge in [-0.3, -0.25) is 0 Å². The molecule has 0 bridgehead atoms. The van der Waals surface area contributed by atoms with Gasteiger partial charge in [0.05, 0.1) is 0 Å². The molecule has 0 nitrogen and oxygen atoms in total. The lowest BCUT2D eigenvalue weighted by Gasteiger charge is -2.02. The fraction of sp³-hybridized carbons (Fsp3) is 0.0833. The number of hydrogen-bond acceptors (Lipinski definition) is 0. The van der Waals surface area contributed by atoms with Gasteiger partial charge < -0.3 is 0 Å². The van der Waals surface area contributed by atoms with Gasteiger partial charge in [-0.05, 0) is 23.6 Å². The first kappa shape index (κ1) is 7.35. The Kier molecular flexibility index (Phi) is 1.83. The first-order chi connectivity index (χ1) is 5.88. The van der Waals surface area contributed by atoms with Crippen LogP contribution >= 0.6 is 0 Å². The predicted octanol–water partition coefficient (Wildman–Crippen LogP) is 3.23. The van der Waals surface area contributed by atoms with Crippen LogP contribution in [0.3, 0.4) is 0 Å². The highest BCUT2D eigenvalue weighted by atomic mass is 14.1. The third-order valence-corrected chi connectivity index (χ3v) is 2.12. The van der Waals surface area contributed by atoms with E-state index in [4.69, 9.17) is 0 Å². The van der Waals surface area contributed by atoms with E-state index in [1.54, 1.807) is 0 Å². The smallest absolute Gasteiger partial charge is 0.00599 e. The Hall–Kier alpha value is -1.30. The van der Waals surface area contributed by atoms with Gasteiger partial charge in [-0.25, -0.2) is 0 Å². The summed E-state index contributed by atoms with van der Waals surface area (Å²) in [6.07, 6.45) is 6.39. The topological polar surface area (TPSA) is 0 Å². The van der Waals surface area contributed by atoms with Crippen LogP contribution in [0.1, 0.15) is 12.5 Å². The van der Waals surface area contributed by atoms with Crippen LogP contribution in [0.25, 0.3) is 5.57 Å². The Bertz CT molecular complexity index is 328. The summed E-state index contributed by atoms with van der Waals surface area (Å²) in [5.74, 6) is 0. The molecular formula is C12H11. The summed E-state index contributed by atoms with van der Waals surface area (Å²) in [7, 11) is 0. The van der Waals surface area contributed by atoms with Gasteiger partial charge in [0, 0.05) is 6.42 Å². The van der Waals surface area contributed by atoms with Crippen molar-refractivity contribution >= 4 is 5.57 Å². The van der Waals surface area contributed by atoms with E-state index in [1.807, 2.05) is 6.07 Å². The van der Waals surface area contributed by atoms with Gasteiger partial charge in [0.2, 0.25) is 0 Å². The van der Waals surface area contributed by atoms with Crippen molar-refractivity contribution in [3.05, 3.63) is 60.0 Å². The molecule has 0 fully saturated rings. The molecule has 0 saturated heterocycles. The molecule has 1 aliphatic carbocycles. The van der Waals surface area contributed by atoms with Gasteiger partial charge in [-0.1, -0.05) is 42.5 Å². The summed E-state index contributed by atoms with van der Waals surface area (Å²) in [6.45, 7) is 2.14. The zero-order chi connectivity index (χ0) is 8.39. The fourth-order valence-corrected chi connectivity index (χ4v) is 1.45. The number of benzene rings is 1. The standard InChI is InChI=1S/C12H11/c1-10-6-5-9-12(10)11-7-3-2-4-8-11/h2-9H,1H3. The molecule has 0 spiro atoms. The van der Waals surface area contributed by atoms with Gasteiger partial charge in [0.1, 0.15) is 0 Å².